The molecule has 3 aromatic heterocycles. The Labute approximate surface area is 215 Å². The summed E-state index contributed by atoms with van der Waals surface area (Å²) in [5.74, 6) is 1.78. The van der Waals surface area contributed by atoms with Gasteiger partial charge in [-0.05, 0) is 58.2 Å². The van der Waals surface area contributed by atoms with Gasteiger partial charge < -0.3 is 9.13 Å². The summed E-state index contributed by atoms with van der Waals surface area (Å²) in [6, 6.07) is 21.3. The number of benzene rings is 3. The van der Waals surface area contributed by atoms with E-state index in [-0.39, 0.29) is 0 Å². The molecule has 184 valence electrons. The smallest absolute Gasteiger partial charge is 0.180 e. The van der Waals surface area contributed by atoms with Crippen molar-refractivity contribution in [2.75, 3.05) is 0 Å². The van der Waals surface area contributed by atoms with Crippen molar-refractivity contribution in [1.29, 1.82) is 0 Å². The minimum atomic E-state index is 0.660. The largest absolute Gasteiger partial charge is 0.340 e. The SMILES string of the molecule is CCCc1nc2c(C)cc(-c3cn(C)cn3)cc2n1Cc1ccc(-c2ccccc2-c2nnn[nH]2)cc1. The highest BCUT2D eigenvalue weighted by molar-refractivity contribution is 5.85. The molecule has 0 bridgehead atoms. The van der Waals surface area contributed by atoms with Crippen LogP contribution in [0.1, 0.15) is 30.3 Å². The second kappa shape index (κ2) is 9.46. The Hall–Kier alpha value is -4.59. The third-order valence-corrected chi connectivity index (χ3v) is 6.73. The van der Waals surface area contributed by atoms with E-state index >= 15 is 0 Å². The molecule has 6 rings (SSSR count). The molecular weight excluding hydrogens is 460 g/mol. The van der Waals surface area contributed by atoms with Crippen LogP contribution in [0.5, 0.6) is 0 Å². The number of aromatic amines is 1. The lowest BCUT2D eigenvalue weighted by molar-refractivity contribution is 0.722. The zero-order chi connectivity index (χ0) is 25.4. The zero-order valence-electron chi connectivity index (χ0n) is 21.2. The number of nitrogens with zero attached hydrogens (tertiary/aromatic N) is 7. The Balaban J connectivity index is 1.38. The first-order chi connectivity index (χ1) is 18.1. The summed E-state index contributed by atoms with van der Waals surface area (Å²) in [7, 11) is 2.00. The van der Waals surface area contributed by atoms with Gasteiger partial charge in [0.25, 0.3) is 0 Å². The first-order valence-electron chi connectivity index (χ1n) is 12.5. The van der Waals surface area contributed by atoms with E-state index in [9.17, 15) is 0 Å². The van der Waals surface area contributed by atoms with Gasteiger partial charge in [0.05, 0.1) is 23.1 Å². The quantitative estimate of drug-likeness (QED) is 0.316. The van der Waals surface area contributed by atoms with E-state index < -0.39 is 0 Å². The monoisotopic (exact) mass is 488 g/mol. The van der Waals surface area contributed by atoms with E-state index in [4.69, 9.17) is 4.98 Å². The summed E-state index contributed by atoms with van der Waals surface area (Å²) >= 11 is 0. The van der Waals surface area contributed by atoms with Gasteiger partial charge in [-0.15, -0.1) is 5.10 Å². The molecule has 0 radical (unpaired) electrons. The van der Waals surface area contributed by atoms with Crippen LogP contribution in [0, 0.1) is 6.92 Å². The molecule has 0 saturated heterocycles. The van der Waals surface area contributed by atoms with Gasteiger partial charge >= 0.3 is 0 Å². The molecule has 3 heterocycles. The summed E-state index contributed by atoms with van der Waals surface area (Å²) in [5, 5.41) is 14.4. The van der Waals surface area contributed by atoms with Crippen LogP contribution in [0.2, 0.25) is 0 Å². The molecule has 0 atom stereocenters. The first kappa shape index (κ1) is 22.8. The lowest BCUT2D eigenvalue weighted by Crippen LogP contribution is -2.05. The molecule has 8 nitrogen and oxygen atoms in total. The van der Waals surface area contributed by atoms with Crippen LogP contribution in [0.15, 0.2) is 73.2 Å². The highest BCUT2D eigenvalue weighted by Crippen LogP contribution is 2.31. The third-order valence-electron chi connectivity index (χ3n) is 6.73. The third kappa shape index (κ3) is 4.31. The Kier molecular flexibility index (Phi) is 5.84. The predicted octanol–water partition coefficient (Wildman–Crippen LogP) is 5.59. The second-order valence-corrected chi connectivity index (χ2v) is 9.44. The molecule has 6 aromatic rings. The van der Waals surface area contributed by atoms with E-state index in [0.717, 1.165) is 64.2 Å². The number of rotatable bonds is 7. The van der Waals surface area contributed by atoms with Gasteiger partial charge in [-0.3, -0.25) is 0 Å². The molecule has 0 fully saturated rings. The van der Waals surface area contributed by atoms with Crippen LogP contribution in [0.4, 0.5) is 0 Å². The van der Waals surface area contributed by atoms with Crippen LogP contribution in [-0.2, 0) is 20.0 Å². The van der Waals surface area contributed by atoms with Crippen LogP contribution in [0.25, 0.3) is 44.8 Å². The summed E-state index contributed by atoms with van der Waals surface area (Å²) in [6.45, 7) is 5.09. The average molecular weight is 489 g/mol. The van der Waals surface area contributed by atoms with E-state index in [0.29, 0.717) is 5.82 Å². The molecule has 0 saturated carbocycles. The molecule has 1 N–H and O–H groups in total. The molecule has 0 spiro atoms. The van der Waals surface area contributed by atoms with Gasteiger partial charge in [-0.2, -0.15) is 0 Å². The van der Waals surface area contributed by atoms with E-state index in [1.165, 1.54) is 11.1 Å². The topological polar surface area (TPSA) is 90.1 Å². The standard InChI is InChI=1S/C29H28N8/c1-4-7-27-31-28-19(2)14-22(25-17-36(3)18-30-25)15-26(28)37(27)16-20-10-12-21(13-11-20)23-8-5-6-9-24(23)29-32-34-35-33-29/h5-6,8-15,17-18H,4,7,16H2,1-3H3,(H,32,33,34,35). The normalized spacial score (nSPS) is 11.4. The van der Waals surface area contributed by atoms with Crippen LogP contribution < -0.4 is 0 Å². The maximum Gasteiger partial charge on any atom is 0.180 e. The predicted molar refractivity (Wildman–Crippen MR) is 145 cm³/mol. The van der Waals surface area contributed by atoms with Crippen molar-refractivity contribution in [3.8, 4) is 33.8 Å². The summed E-state index contributed by atoms with van der Waals surface area (Å²) < 4.78 is 4.34. The van der Waals surface area contributed by atoms with Crippen molar-refractivity contribution in [3.05, 3.63) is 90.1 Å². The van der Waals surface area contributed by atoms with Gasteiger partial charge in [0.1, 0.15) is 5.82 Å². The number of H-pyrrole nitrogens is 1. The molecular formula is C29H28N8. The molecule has 8 heteroatoms. The number of aryl methyl sites for hydroxylation is 3. The first-order valence-corrected chi connectivity index (χ1v) is 12.5. The Morgan fingerprint density at radius 3 is 2.46 bits per heavy atom. The van der Waals surface area contributed by atoms with Gasteiger partial charge in [-0.1, -0.05) is 55.5 Å². The van der Waals surface area contributed by atoms with E-state index in [1.54, 1.807) is 0 Å². The number of hydrogen-bond donors (Lipinski definition) is 1. The number of imidazole rings is 2. The summed E-state index contributed by atoms with van der Waals surface area (Å²) in [4.78, 5) is 9.63. The molecule has 0 aliphatic heterocycles. The molecule has 0 amide bonds. The lowest BCUT2D eigenvalue weighted by Gasteiger charge is -2.12. The maximum absolute atomic E-state index is 5.06. The van der Waals surface area contributed by atoms with Crippen molar-refractivity contribution < 1.29 is 0 Å². The summed E-state index contributed by atoms with van der Waals surface area (Å²) in [6.07, 6.45) is 5.87. The van der Waals surface area contributed by atoms with Crippen LogP contribution >= 0.6 is 0 Å². The molecule has 3 aromatic carbocycles. The fourth-order valence-electron chi connectivity index (χ4n) is 4.93. The van der Waals surface area contributed by atoms with Crippen molar-refractivity contribution in [3.63, 3.8) is 0 Å². The van der Waals surface area contributed by atoms with E-state index in [1.807, 2.05) is 36.1 Å². The fraction of sp³-hybridized carbons (Fsp3) is 0.207. The Bertz CT molecular complexity index is 1670. The van der Waals surface area contributed by atoms with Gasteiger partial charge in [-0.25, -0.2) is 15.1 Å². The fourth-order valence-corrected chi connectivity index (χ4v) is 4.93. The second-order valence-electron chi connectivity index (χ2n) is 9.44. The van der Waals surface area contributed by atoms with Crippen LogP contribution in [-0.4, -0.2) is 39.7 Å². The minimum absolute atomic E-state index is 0.660. The van der Waals surface area contributed by atoms with Crippen molar-refractivity contribution >= 4 is 11.0 Å². The van der Waals surface area contributed by atoms with Gasteiger partial charge in [0, 0.05) is 37.3 Å². The van der Waals surface area contributed by atoms with Gasteiger partial charge in [0.15, 0.2) is 5.82 Å². The number of fused-ring (bicyclic) bond motifs is 1. The van der Waals surface area contributed by atoms with Crippen molar-refractivity contribution in [1.82, 2.24) is 39.7 Å². The van der Waals surface area contributed by atoms with E-state index in [2.05, 4.69) is 92.7 Å². The number of hydrogen-bond acceptors (Lipinski definition) is 5. The molecule has 0 aliphatic rings. The van der Waals surface area contributed by atoms with Crippen molar-refractivity contribution in [2.45, 2.75) is 33.2 Å². The Morgan fingerprint density at radius 2 is 1.76 bits per heavy atom. The number of tetrazole rings is 1. The molecule has 37 heavy (non-hydrogen) atoms. The maximum atomic E-state index is 5.06. The van der Waals surface area contributed by atoms with Gasteiger partial charge in [0.2, 0.25) is 0 Å². The zero-order valence-corrected chi connectivity index (χ0v) is 21.2. The van der Waals surface area contributed by atoms with Crippen molar-refractivity contribution in [2.24, 2.45) is 7.05 Å². The van der Waals surface area contributed by atoms with Crippen LogP contribution in [0.3, 0.4) is 0 Å². The molecule has 0 unspecified atom stereocenters. The summed E-state index contributed by atoms with van der Waals surface area (Å²) in [5.41, 5.74) is 9.87. The number of nitrogens with one attached hydrogen (secondary N) is 1. The molecule has 0 aliphatic carbocycles. The average Bonchev–Trinajstić information content (AvgIpc) is 3.67. The minimum Gasteiger partial charge on any atom is -0.340 e. The Morgan fingerprint density at radius 1 is 0.946 bits per heavy atom. The highest BCUT2D eigenvalue weighted by Gasteiger charge is 2.16. The number of aromatic nitrogens is 8. The lowest BCUT2D eigenvalue weighted by atomic mass is 9.98. The highest BCUT2D eigenvalue weighted by atomic mass is 15.5.